The van der Waals surface area contributed by atoms with Crippen molar-refractivity contribution >= 4 is 0 Å². The predicted octanol–water partition coefficient (Wildman–Crippen LogP) is 1.90. The average Bonchev–Trinajstić information content (AvgIpc) is 1.99. The first-order valence-electron chi connectivity index (χ1n) is 4.26. The lowest BCUT2D eigenvalue weighted by molar-refractivity contribution is -0.426. The molecule has 0 aromatic heterocycles. The molecule has 3 atom stereocenters. The average molecular weight is 159 g/mol. The molecule has 3 heteroatoms. The van der Waals surface area contributed by atoms with Crippen molar-refractivity contribution < 1.29 is 10.2 Å². The third kappa shape index (κ3) is 1.72. The lowest BCUT2D eigenvalue weighted by atomic mass is 9.90. The minimum Gasteiger partial charge on any atom is -0.233 e. The molecule has 0 spiro atoms. The smallest absolute Gasteiger partial charge is 0.0383 e. The van der Waals surface area contributed by atoms with E-state index in [1.54, 1.807) is 5.06 Å². The summed E-state index contributed by atoms with van der Waals surface area (Å²) in [5.41, 5.74) is 0. The number of hydrogen-bond donors (Lipinski definition) is 1. The molecule has 1 aliphatic heterocycles. The van der Waals surface area contributed by atoms with E-state index >= 15 is 0 Å². The fourth-order valence-corrected chi connectivity index (χ4v) is 1.68. The molecule has 0 aromatic carbocycles. The Kier molecular flexibility index (Phi) is 2.87. The molecule has 3 unspecified atom stereocenters. The van der Waals surface area contributed by atoms with Gasteiger partial charge in [-0.05, 0) is 32.6 Å². The van der Waals surface area contributed by atoms with Gasteiger partial charge in [-0.3, -0.25) is 0 Å². The van der Waals surface area contributed by atoms with Crippen LogP contribution in [0.1, 0.15) is 33.6 Å². The van der Waals surface area contributed by atoms with E-state index in [9.17, 15) is 0 Å². The van der Waals surface area contributed by atoms with Crippen LogP contribution in [0.25, 0.3) is 0 Å². The Labute approximate surface area is 67.8 Å². The van der Waals surface area contributed by atoms with E-state index in [0.29, 0.717) is 18.0 Å². The van der Waals surface area contributed by atoms with Crippen LogP contribution in [0.15, 0.2) is 0 Å². The van der Waals surface area contributed by atoms with Crippen molar-refractivity contribution in [2.45, 2.75) is 45.7 Å². The van der Waals surface area contributed by atoms with E-state index in [0.717, 1.165) is 6.42 Å². The van der Waals surface area contributed by atoms with Crippen LogP contribution in [-0.2, 0) is 4.99 Å². The molecular formula is C8H17NO2. The molecule has 1 N–H and O–H groups in total. The van der Waals surface area contributed by atoms with E-state index < -0.39 is 0 Å². The van der Waals surface area contributed by atoms with E-state index in [-0.39, 0.29) is 0 Å². The Morgan fingerprint density at radius 3 is 2.36 bits per heavy atom. The molecule has 0 amide bonds. The summed E-state index contributed by atoms with van der Waals surface area (Å²) in [6, 6.07) is 0.662. The summed E-state index contributed by atoms with van der Waals surface area (Å²) >= 11 is 0. The summed E-state index contributed by atoms with van der Waals surface area (Å²) in [5.74, 6) is 0.610. The van der Waals surface area contributed by atoms with Gasteiger partial charge in [0.2, 0.25) is 0 Å². The van der Waals surface area contributed by atoms with Gasteiger partial charge in [-0.1, -0.05) is 6.92 Å². The van der Waals surface area contributed by atoms with Gasteiger partial charge in [-0.15, -0.1) is 4.99 Å². The van der Waals surface area contributed by atoms with Gasteiger partial charge in [0.15, 0.2) is 0 Å². The van der Waals surface area contributed by atoms with Gasteiger partial charge in [-0.25, -0.2) is 5.26 Å². The summed E-state index contributed by atoms with van der Waals surface area (Å²) in [7, 11) is 0. The fraction of sp³-hybridized carbons (Fsp3) is 1.00. The van der Waals surface area contributed by atoms with Gasteiger partial charge >= 0.3 is 0 Å². The number of hydroxylamine groups is 2. The highest BCUT2D eigenvalue weighted by Gasteiger charge is 2.30. The summed E-state index contributed by atoms with van der Waals surface area (Å²) in [6.45, 7) is 6.33. The molecule has 11 heavy (non-hydrogen) atoms. The minimum absolute atomic E-state index is 0.323. The van der Waals surface area contributed by atoms with Crippen molar-refractivity contribution in [2.75, 3.05) is 0 Å². The molecule has 3 nitrogen and oxygen atoms in total. The highest BCUT2D eigenvalue weighted by molar-refractivity contribution is 4.78. The van der Waals surface area contributed by atoms with Crippen molar-refractivity contribution in [3.05, 3.63) is 0 Å². The Morgan fingerprint density at radius 1 is 1.27 bits per heavy atom. The van der Waals surface area contributed by atoms with Gasteiger partial charge in [0.05, 0.1) is 0 Å². The topological polar surface area (TPSA) is 32.7 Å². The highest BCUT2D eigenvalue weighted by Crippen LogP contribution is 2.26. The lowest BCUT2D eigenvalue weighted by Crippen LogP contribution is -2.46. The van der Waals surface area contributed by atoms with Crippen LogP contribution in [0.4, 0.5) is 0 Å². The Hall–Kier alpha value is -0.120. The number of rotatable bonds is 1. The molecule has 1 aliphatic rings. The Balaban J connectivity index is 2.55. The first kappa shape index (κ1) is 8.97. The zero-order valence-electron chi connectivity index (χ0n) is 7.45. The van der Waals surface area contributed by atoms with Gasteiger partial charge in [-0.2, -0.15) is 5.06 Å². The molecule has 0 bridgehead atoms. The van der Waals surface area contributed by atoms with Crippen molar-refractivity contribution in [1.82, 2.24) is 5.06 Å². The summed E-state index contributed by atoms with van der Waals surface area (Å²) < 4.78 is 0. The molecule has 1 saturated heterocycles. The minimum atomic E-state index is 0.323. The quantitative estimate of drug-likeness (QED) is 0.468. The van der Waals surface area contributed by atoms with Crippen LogP contribution in [0, 0.1) is 5.92 Å². The van der Waals surface area contributed by atoms with Crippen LogP contribution >= 0.6 is 0 Å². The molecule has 1 rings (SSSR count). The first-order chi connectivity index (χ1) is 5.16. The third-order valence-corrected chi connectivity index (χ3v) is 2.79. The van der Waals surface area contributed by atoms with Crippen molar-refractivity contribution in [2.24, 2.45) is 5.92 Å². The summed E-state index contributed by atoms with van der Waals surface area (Å²) in [6.07, 6.45) is 2.33. The van der Waals surface area contributed by atoms with Crippen LogP contribution in [0.2, 0.25) is 0 Å². The molecule has 0 saturated carbocycles. The van der Waals surface area contributed by atoms with Crippen LogP contribution < -0.4 is 0 Å². The van der Waals surface area contributed by atoms with Gasteiger partial charge in [0, 0.05) is 12.1 Å². The maximum Gasteiger partial charge on any atom is 0.0383 e. The zero-order chi connectivity index (χ0) is 8.43. The molecule has 1 heterocycles. The maximum absolute atomic E-state index is 8.58. The standard InChI is InChI=1S/C8H17NO2/c1-6-4-5-7(2)9(11-10)8(6)3/h6-8,10H,4-5H2,1-3H3. The monoisotopic (exact) mass is 159 g/mol. The molecule has 1 fully saturated rings. The van der Waals surface area contributed by atoms with Gasteiger partial charge < -0.3 is 0 Å². The van der Waals surface area contributed by atoms with Crippen molar-refractivity contribution in [1.29, 1.82) is 0 Å². The molecule has 66 valence electrons. The first-order valence-corrected chi connectivity index (χ1v) is 4.26. The predicted molar refractivity (Wildman–Crippen MR) is 42.9 cm³/mol. The van der Waals surface area contributed by atoms with E-state index in [1.807, 2.05) is 0 Å². The Bertz CT molecular complexity index is 129. The lowest BCUT2D eigenvalue weighted by Gasteiger charge is -2.38. The van der Waals surface area contributed by atoms with Gasteiger partial charge in [0.1, 0.15) is 0 Å². The zero-order valence-corrected chi connectivity index (χ0v) is 7.45. The fourth-order valence-electron chi connectivity index (χ4n) is 1.68. The number of hydrogen-bond acceptors (Lipinski definition) is 3. The largest absolute Gasteiger partial charge is 0.233 e. The molecule has 0 radical (unpaired) electrons. The van der Waals surface area contributed by atoms with Crippen LogP contribution in [0.5, 0.6) is 0 Å². The third-order valence-electron chi connectivity index (χ3n) is 2.79. The van der Waals surface area contributed by atoms with E-state index in [4.69, 9.17) is 5.26 Å². The Morgan fingerprint density at radius 2 is 1.91 bits per heavy atom. The van der Waals surface area contributed by atoms with Gasteiger partial charge in [0.25, 0.3) is 0 Å². The van der Waals surface area contributed by atoms with E-state index in [1.165, 1.54) is 6.42 Å². The van der Waals surface area contributed by atoms with Crippen LogP contribution in [-0.4, -0.2) is 22.4 Å². The molecular weight excluding hydrogens is 142 g/mol. The second-order valence-corrected chi connectivity index (χ2v) is 3.59. The SMILES string of the molecule is CC1CCC(C)N(OO)C1C. The van der Waals surface area contributed by atoms with E-state index in [2.05, 4.69) is 25.8 Å². The highest BCUT2D eigenvalue weighted by atomic mass is 17.2. The normalized spacial score (nSPS) is 40.9. The second kappa shape index (κ2) is 3.52. The second-order valence-electron chi connectivity index (χ2n) is 3.59. The number of nitrogens with zero attached hydrogens (tertiary/aromatic N) is 1. The number of piperidine rings is 1. The summed E-state index contributed by atoms with van der Waals surface area (Å²) in [5, 5.41) is 10.3. The molecule has 0 aromatic rings. The van der Waals surface area contributed by atoms with Crippen molar-refractivity contribution in [3.8, 4) is 0 Å². The maximum atomic E-state index is 8.58. The summed E-state index contributed by atoms with van der Waals surface area (Å²) in [4.78, 5) is 4.32. The van der Waals surface area contributed by atoms with Crippen LogP contribution in [0.3, 0.4) is 0 Å². The van der Waals surface area contributed by atoms with Crippen molar-refractivity contribution in [3.63, 3.8) is 0 Å². The molecule has 0 aliphatic carbocycles.